The molecule has 0 aliphatic rings. The number of hydrogen-bond acceptors (Lipinski definition) is 5. The lowest BCUT2D eigenvalue weighted by Crippen LogP contribution is -2.29. The van der Waals surface area contributed by atoms with Gasteiger partial charge >= 0.3 is 13.0 Å². The summed E-state index contributed by atoms with van der Waals surface area (Å²) in [5.41, 5.74) is 0.996. The van der Waals surface area contributed by atoms with Gasteiger partial charge in [-0.2, -0.15) is 8.78 Å². The third kappa shape index (κ3) is 7.74. The first-order valence-corrected chi connectivity index (χ1v) is 8.51. The summed E-state index contributed by atoms with van der Waals surface area (Å²) in [6.45, 7) is -2.71. The number of nitrogens with zero attached hydrogens (tertiary/aromatic N) is 1. The van der Waals surface area contributed by atoms with E-state index in [9.17, 15) is 26.7 Å². The van der Waals surface area contributed by atoms with Crippen LogP contribution in [0.15, 0.2) is 42.5 Å². The van der Waals surface area contributed by atoms with Gasteiger partial charge in [0.2, 0.25) is 5.91 Å². The molecule has 1 amide bonds. The standard InChI is InChI=1S/C19H19F5N2O4/c1-26(10-12-3-8-15(29-18(20)21)16(9-12)28-2)11-17(27)25-13-4-6-14(7-5-13)30-19(22,23)24/h3-9,18H,10-11H2,1-2H3,(H,25,27). The van der Waals surface area contributed by atoms with Crippen LogP contribution >= 0.6 is 0 Å². The molecule has 2 aromatic carbocycles. The lowest BCUT2D eigenvalue weighted by Gasteiger charge is -2.18. The maximum atomic E-state index is 12.4. The fourth-order valence-corrected chi connectivity index (χ4v) is 2.56. The van der Waals surface area contributed by atoms with Crippen molar-refractivity contribution in [2.75, 3.05) is 26.0 Å². The SMILES string of the molecule is COc1cc(CN(C)CC(=O)Nc2ccc(OC(F)(F)F)cc2)ccc1OC(F)F. The van der Waals surface area contributed by atoms with Crippen molar-refractivity contribution in [2.45, 2.75) is 19.5 Å². The van der Waals surface area contributed by atoms with E-state index in [4.69, 9.17) is 4.74 Å². The number of hydrogen-bond donors (Lipinski definition) is 1. The van der Waals surface area contributed by atoms with E-state index in [1.54, 1.807) is 18.0 Å². The van der Waals surface area contributed by atoms with Crippen LogP contribution in [0.3, 0.4) is 0 Å². The van der Waals surface area contributed by atoms with Gasteiger partial charge in [-0.3, -0.25) is 9.69 Å². The Labute approximate surface area is 169 Å². The first-order chi connectivity index (χ1) is 14.1. The summed E-state index contributed by atoms with van der Waals surface area (Å²) in [7, 11) is 2.98. The molecule has 11 heteroatoms. The molecule has 30 heavy (non-hydrogen) atoms. The third-order valence-electron chi connectivity index (χ3n) is 3.68. The van der Waals surface area contributed by atoms with Gasteiger partial charge < -0.3 is 19.5 Å². The summed E-state index contributed by atoms with van der Waals surface area (Å²) in [6.07, 6.45) is -4.79. The topological polar surface area (TPSA) is 60.0 Å². The van der Waals surface area contributed by atoms with E-state index in [1.807, 2.05) is 0 Å². The number of ether oxygens (including phenoxy) is 3. The Morgan fingerprint density at radius 2 is 1.77 bits per heavy atom. The highest BCUT2D eigenvalue weighted by atomic mass is 19.4. The number of halogens is 5. The van der Waals surface area contributed by atoms with Gasteiger partial charge in [0.05, 0.1) is 13.7 Å². The van der Waals surface area contributed by atoms with Crippen molar-refractivity contribution < 1.29 is 41.0 Å². The Balaban J connectivity index is 1.90. The molecule has 0 saturated heterocycles. The summed E-state index contributed by atoms with van der Waals surface area (Å²) < 4.78 is 74.4. The van der Waals surface area contributed by atoms with Crippen LogP contribution in [0.2, 0.25) is 0 Å². The Kier molecular flexibility index (Phi) is 7.81. The van der Waals surface area contributed by atoms with Crippen molar-refractivity contribution in [1.82, 2.24) is 4.90 Å². The number of likely N-dealkylation sites (N-methyl/N-ethyl adjacent to an activating group) is 1. The summed E-state index contributed by atoms with van der Waals surface area (Å²) in [6, 6.07) is 9.17. The second-order valence-corrected chi connectivity index (χ2v) is 6.16. The highest BCUT2D eigenvalue weighted by molar-refractivity contribution is 5.92. The van der Waals surface area contributed by atoms with E-state index in [1.165, 1.54) is 31.4 Å². The molecule has 0 aliphatic carbocycles. The molecule has 0 fully saturated rings. The van der Waals surface area contributed by atoms with Crippen molar-refractivity contribution >= 4 is 11.6 Å². The number of amides is 1. The van der Waals surface area contributed by atoms with Crippen LogP contribution in [-0.2, 0) is 11.3 Å². The predicted octanol–water partition coefficient (Wildman–Crippen LogP) is 4.27. The first-order valence-electron chi connectivity index (χ1n) is 8.51. The number of methoxy groups -OCH3 is 1. The van der Waals surface area contributed by atoms with Gasteiger partial charge in [-0.15, -0.1) is 13.2 Å². The molecule has 2 aromatic rings. The average molecular weight is 434 g/mol. The summed E-state index contributed by atoms with van der Waals surface area (Å²) in [5, 5.41) is 2.56. The molecular weight excluding hydrogens is 415 g/mol. The predicted molar refractivity (Wildman–Crippen MR) is 97.7 cm³/mol. The first kappa shape index (κ1) is 23.2. The Hall–Kier alpha value is -3.08. The van der Waals surface area contributed by atoms with Gasteiger partial charge in [-0.1, -0.05) is 6.07 Å². The van der Waals surface area contributed by atoms with Gasteiger partial charge in [-0.25, -0.2) is 0 Å². The zero-order chi connectivity index (χ0) is 22.3. The van der Waals surface area contributed by atoms with Crippen molar-refractivity contribution in [1.29, 1.82) is 0 Å². The number of carbonyl (C=O) groups is 1. The highest BCUT2D eigenvalue weighted by Gasteiger charge is 2.31. The molecule has 6 nitrogen and oxygen atoms in total. The van der Waals surface area contributed by atoms with E-state index < -0.39 is 24.6 Å². The van der Waals surface area contributed by atoms with Gasteiger partial charge in [-0.05, 0) is 49.0 Å². The largest absolute Gasteiger partial charge is 0.573 e. The lowest BCUT2D eigenvalue weighted by atomic mass is 10.2. The maximum Gasteiger partial charge on any atom is 0.573 e. The fraction of sp³-hybridized carbons (Fsp3) is 0.316. The number of anilines is 1. The zero-order valence-electron chi connectivity index (χ0n) is 16.0. The average Bonchev–Trinajstić information content (AvgIpc) is 2.62. The van der Waals surface area contributed by atoms with Crippen LogP contribution in [0.4, 0.5) is 27.6 Å². The number of benzene rings is 2. The Morgan fingerprint density at radius 3 is 2.33 bits per heavy atom. The van der Waals surface area contributed by atoms with Gasteiger partial charge in [0.1, 0.15) is 5.75 Å². The number of carbonyl (C=O) groups excluding carboxylic acids is 1. The molecule has 0 atom stereocenters. The van der Waals surface area contributed by atoms with E-state index in [0.717, 1.165) is 12.1 Å². The Bertz CT molecular complexity index is 844. The number of rotatable bonds is 9. The Morgan fingerprint density at radius 1 is 1.10 bits per heavy atom. The third-order valence-corrected chi connectivity index (χ3v) is 3.68. The van der Waals surface area contributed by atoms with Gasteiger partial charge in [0.25, 0.3) is 0 Å². The molecule has 1 N–H and O–H groups in total. The fourth-order valence-electron chi connectivity index (χ4n) is 2.56. The smallest absolute Gasteiger partial charge is 0.493 e. The number of nitrogens with one attached hydrogen (secondary N) is 1. The lowest BCUT2D eigenvalue weighted by molar-refractivity contribution is -0.274. The quantitative estimate of drug-likeness (QED) is 0.598. The van der Waals surface area contributed by atoms with E-state index in [-0.39, 0.29) is 18.0 Å². The molecule has 164 valence electrons. The van der Waals surface area contributed by atoms with E-state index in [0.29, 0.717) is 17.8 Å². The van der Waals surface area contributed by atoms with Crippen LogP contribution in [0.25, 0.3) is 0 Å². The van der Waals surface area contributed by atoms with Crippen LogP contribution < -0.4 is 19.5 Å². The maximum absolute atomic E-state index is 12.4. The van der Waals surface area contributed by atoms with E-state index >= 15 is 0 Å². The minimum Gasteiger partial charge on any atom is -0.493 e. The summed E-state index contributed by atoms with van der Waals surface area (Å²) >= 11 is 0. The molecular formula is C19H19F5N2O4. The van der Waals surface area contributed by atoms with Crippen LogP contribution in [0, 0.1) is 0 Å². The molecule has 0 saturated carbocycles. The van der Waals surface area contributed by atoms with Crippen LogP contribution in [0.1, 0.15) is 5.56 Å². The normalized spacial score (nSPS) is 11.5. The van der Waals surface area contributed by atoms with Crippen LogP contribution in [0.5, 0.6) is 17.2 Å². The van der Waals surface area contributed by atoms with Gasteiger partial charge in [0.15, 0.2) is 11.5 Å². The minimum atomic E-state index is -4.79. The van der Waals surface area contributed by atoms with Crippen molar-refractivity contribution in [3.8, 4) is 17.2 Å². The molecule has 0 aromatic heterocycles. The van der Waals surface area contributed by atoms with Crippen LogP contribution in [-0.4, -0.2) is 44.5 Å². The molecule has 2 rings (SSSR count). The van der Waals surface area contributed by atoms with Crippen molar-refractivity contribution in [3.63, 3.8) is 0 Å². The second-order valence-electron chi connectivity index (χ2n) is 6.16. The number of alkyl halides is 5. The van der Waals surface area contributed by atoms with E-state index in [2.05, 4.69) is 14.8 Å². The highest BCUT2D eigenvalue weighted by Crippen LogP contribution is 2.30. The van der Waals surface area contributed by atoms with Crippen molar-refractivity contribution in [2.24, 2.45) is 0 Å². The summed E-state index contributed by atoms with van der Waals surface area (Å²) in [4.78, 5) is 13.8. The molecule has 0 bridgehead atoms. The molecule has 0 aliphatic heterocycles. The summed E-state index contributed by atoms with van der Waals surface area (Å²) in [5.74, 6) is -0.765. The van der Waals surface area contributed by atoms with Gasteiger partial charge in [0, 0.05) is 12.2 Å². The monoisotopic (exact) mass is 434 g/mol. The molecule has 0 radical (unpaired) electrons. The minimum absolute atomic E-state index is 0.0294. The molecule has 0 unspecified atom stereocenters. The second kappa shape index (κ2) is 10.1. The zero-order valence-corrected chi connectivity index (χ0v) is 16.0. The van der Waals surface area contributed by atoms with Crippen molar-refractivity contribution in [3.05, 3.63) is 48.0 Å². The molecule has 0 heterocycles. The molecule has 0 spiro atoms.